The molecule has 0 radical (unpaired) electrons. The van der Waals surface area contributed by atoms with E-state index in [1.54, 1.807) is 11.9 Å². The van der Waals surface area contributed by atoms with Gasteiger partial charge in [-0.25, -0.2) is 0 Å². The Bertz CT molecular complexity index is 598. The van der Waals surface area contributed by atoms with E-state index >= 15 is 0 Å². The maximum atomic E-state index is 12.4. The van der Waals surface area contributed by atoms with Gasteiger partial charge in [0.05, 0.1) is 0 Å². The van der Waals surface area contributed by atoms with Gasteiger partial charge in [-0.15, -0.1) is 0 Å². The second kappa shape index (κ2) is 7.97. The molecule has 0 bridgehead atoms. The first-order valence-corrected chi connectivity index (χ1v) is 7.66. The van der Waals surface area contributed by atoms with Crippen molar-refractivity contribution in [2.75, 3.05) is 20.2 Å². The molecule has 0 fully saturated rings. The highest BCUT2D eigenvalue weighted by atomic mass is 35.5. The molecule has 2 aromatic carbocycles. The number of aliphatic hydroxyl groups is 1. The van der Waals surface area contributed by atoms with Crippen LogP contribution < -0.4 is 0 Å². The summed E-state index contributed by atoms with van der Waals surface area (Å²) >= 11 is 5.92. The Morgan fingerprint density at radius 3 is 2.36 bits per heavy atom. The molecule has 0 saturated heterocycles. The van der Waals surface area contributed by atoms with Gasteiger partial charge in [0.2, 0.25) is 0 Å². The second-order valence-corrected chi connectivity index (χ2v) is 5.75. The van der Waals surface area contributed by atoms with E-state index in [2.05, 4.69) is 0 Å². The largest absolute Gasteiger partial charge is 0.396 e. The molecule has 1 unspecified atom stereocenters. The van der Waals surface area contributed by atoms with Crippen molar-refractivity contribution in [1.82, 2.24) is 4.90 Å². The zero-order chi connectivity index (χ0) is 15.9. The minimum absolute atomic E-state index is 0.0162. The summed E-state index contributed by atoms with van der Waals surface area (Å²) in [5.41, 5.74) is 1.75. The average molecular weight is 318 g/mol. The molecule has 1 atom stereocenters. The number of carbonyl (C=O) groups excluding carboxylic acids is 1. The van der Waals surface area contributed by atoms with Crippen molar-refractivity contribution in [1.29, 1.82) is 0 Å². The number of hydrogen-bond donors (Lipinski definition) is 1. The van der Waals surface area contributed by atoms with Gasteiger partial charge in [-0.1, -0.05) is 41.9 Å². The second-order valence-electron chi connectivity index (χ2n) is 5.31. The topological polar surface area (TPSA) is 40.5 Å². The van der Waals surface area contributed by atoms with Gasteiger partial charge >= 0.3 is 0 Å². The van der Waals surface area contributed by atoms with Crippen LogP contribution >= 0.6 is 11.6 Å². The number of carbonyl (C=O) groups is 1. The number of benzene rings is 2. The van der Waals surface area contributed by atoms with Gasteiger partial charge < -0.3 is 10.0 Å². The molecule has 1 amide bonds. The van der Waals surface area contributed by atoms with Crippen LogP contribution in [0.25, 0.3) is 0 Å². The minimum Gasteiger partial charge on any atom is -0.396 e. The predicted octanol–water partition coefficient (Wildman–Crippen LogP) is 3.58. The normalized spacial score (nSPS) is 12.0. The third-order valence-electron chi connectivity index (χ3n) is 3.68. The Labute approximate surface area is 136 Å². The van der Waals surface area contributed by atoms with E-state index in [4.69, 9.17) is 11.6 Å². The van der Waals surface area contributed by atoms with Crippen LogP contribution in [0.1, 0.15) is 28.3 Å². The quantitative estimate of drug-likeness (QED) is 0.884. The van der Waals surface area contributed by atoms with E-state index in [1.165, 1.54) is 0 Å². The standard InChI is InChI=1S/C18H20ClNO2/c1-20(18(22)15-5-3-2-4-6-15)13-16(11-12-21)14-7-9-17(19)10-8-14/h2-10,16,21H,11-13H2,1H3. The first-order valence-electron chi connectivity index (χ1n) is 7.28. The van der Waals surface area contributed by atoms with Crippen molar-refractivity contribution in [3.63, 3.8) is 0 Å². The van der Waals surface area contributed by atoms with E-state index in [0.717, 1.165) is 5.56 Å². The molecule has 22 heavy (non-hydrogen) atoms. The maximum Gasteiger partial charge on any atom is 0.253 e. The summed E-state index contributed by atoms with van der Waals surface area (Å²) < 4.78 is 0. The number of amides is 1. The van der Waals surface area contributed by atoms with E-state index in [-0.39, 0.29) is 18.4 Å². The zero-order valence-electron chi connectivity index (χ0n) is 12.6. The lowest BCUT2D eigenvalue weighted by atomic mass is 9.95. The van der Waals surface area contributed by atoms with Crippen molar-refractivity contribution < 1.29 is 9.90 Å². The molecule has 2 rings (SSSR count). The Kier molecular flexibility index (Phi) is 5.99. The molecular weight excluding hydrogens is 298 g/mol. The van der Waals surface area contributed by atoms with Crippen LogP contribution in [0.15, 0.2) is 54.6 Å². The lowest BCUT2D eigenvalue weighted by Crippen LogP contribution is -2.31. The number of rotatable bonds is 6. The summed E-state index contributed by atoms with van der Waals surface area (Å²) in [7, 11) is 1.79. The number of nitrogens with zero attached hydrogens (tertiary/aromatic N) is 1. The van der Waals surface area contributed by atoms with Crippen molar-refractivity contribution in [3.8, 4) is 0 Å². The zero-order valence-corrected chi connectivity index (χ0v) is 13.3. The summed E-state index contributed by atoms with van der Waals surface area (Å²) in [5, 5.41) is 9.97. The van der Waals surface area contributed by atoms with Crippen molar-refractivity contribution in [2.24, 2.45) is 0 Å². The van der Waals surface area contributed by atoms with Crippen molar-refractivity contribution in [2.45, 2.75) is 12.3 Å². The Morgan fingerprint density at radius 2 is 1.77 bits per heavy atom. The van der Waals surface area contributed by atoms with Crippen molar-refractivity contribution >= 4 is 17.5 Å². The molecule has 0 saturated carbocycles. The molecule has 0 aliphatic carbocycles. The first-order chi connectivity index (χ1) is 10.6. The molecule has 1 N–H and O–H groups in total. The molecular formula is C18H20ClNO2. The van der Waals surface area contributed by atoms with Crippen LogP contribution in [0.2, 0.25) is 5.02 Å². The van der Waals surface area contributed by atoms with Gasteiger partial charge in [0.25, 0.3) is 5.91 Å². The highest BCUT2D eigenvalue weighted by Gasteiger charge is 2.18. The van der Waals surface area contributed by atoms with Gasteiger partial charge in [0, 0.05) is 36.7 Å². The van der Waals surface area contributed by atoms with Gasteiger partial charge in [-0.2, -0.15) is 0 Å². The van der Waals surface area contributed by atoms with Crippen LogP contribution in [0.5, 0.6) is 0 Å². The highest BCUT2D eigenvalue weighted by Crippen LogP contribution is 2.23. The van der Waals surface area contributed by atoms with Crippen LogP contribution in [0.4, 0.5) is 0 Å². The average Bonchev–Trinajstić information content (AvgIpc) is 2.55. The van der Waals surface area contributed by atoms with E-state index < -0.39 is 0 Å². The first kappa shape index (κ1) is 16.5. The molecule has 4 heteroatoms. The SMILES string of the molecule is CN(CC(CCO)c1ccc(Cl)cc1)C(=O)c1ccccc1. The van der Waals surface area contributed by atoms with Gasteiger partial charge in [-0.05, 0) is 36.2 Å². The Morgan fingerprint density at radius 1 is 1.14 bits per heavy atom. The van der Waals surface area contributed by atoms with E-state index in [1.807, 2.05) is 54.6 Å². The number of likely N-dealkylation sites (N-methyl/N-ethyl adjacent to an activating group) is 1. The van der Waals surface area contributed by atoms with Crippen molar-refractivity contribution in [3.05, 3.63) is 70.7 Å². The maximum absolute atomic E-state index is 12.4. The van der Waals surface area contributed by atoms with Gasteiger partial charge in [0.15, 0.2) is 0 Å². The summed E-state index contributed by atoms with van der Waals surface area (Å²) in [4.78, 5) is 14.1. The molecule has 3 nitrogen and oxygen atoms in total. The number of hydrogen-bond acceptors (Lipinski definition) is 2. The van der Waals surface area contributed by atoms with Crippen LogP contribution in [-0.4, -0.2) is 36.1 Å². The fourth-order valence-corrected chi connectivity index (χ4v) is 2.59. The minimum atomic E-state index is -0.0162. The summed E-state index contributed by atoms with van der Waals surface area (Å²) in [6.07, 6.45) is 0.605. The molecule has 0 heterocycles. The Hall–Kier alpha value is -1.84. The third-order valence-corrected chi connectivity index (χ3v) is 3.93. The molecule has 0 spiro atoms. The van der Waals surface area contributed by atoms with Crippen LogP contribution in [0.3, 0.4) is 0 Å². The highest BCUT2D eigenvalue weighted by molar-refractivity contribution is 6.30. The van der Waals surface area contributed by atoms with E-state index in [0.29, 0.717) is 23.6 Å². The smallest absolute Gasteiger partial charge is 0.253 e. The molecule has 0 aromatic heterocycles. The lowest BCUT2D eigenvalue weighted by molar-refractivity contribution is 0.0781. The fraction of sp³-hybridized carbons (Fsp3) is 0.278. The van der Waals surface area contributed by atoms with Gasteiger partial charge in [-0.3, -0.25) is 4.79 Å². The van der Waals surface area contributed by atoms with E-state index in [9.17, 15) is 9.90 Å². The summed E-state index contributed by atoms with van der Waals surface area (Å²) in [6.45, 7) is 0.635. The number of halogens is 1. The summed E-state index contributed by atoms with van der Waals surface area (Å²) in [5.74, 6) is 0.0671. The van der Waals surface area contributed by atoms with Gasteiger partial charge in [0.1, 0.15) is 0 Å². The Balaban J connectivity index is 2.10. The molecule has 116 valence electrons. The summed E-state index contributed by atoms with van der Waals surface area (Å²) in [6, 6.07) is 16.8. The molecule has 0 aliphatic heterocycles. The fourth-order valence-electron chi connectivity index (χ4n) is 2.47. The van der Waals surface area contributed by atoms with Crippen LogP contribution in [-0.2, 0) is 0 Å². The molecule has 0 aliphatic rings. The molecule has 2 aromatic rings. The predicted molar refractivity (Wildman–Crippen MR) is 89.3 cm³/mol. The van der Waals surface area contributed by atoms with Crippen LogP contribution in [0, 0.1) is 0 Å². The third kappa shape index (κ3) is 4.33. The lowest BCUT2D eigenvalue weighted by Gasteiger charge is -2.24. The monoisotopic (exact) mass is 317 g/mol. The number of aliphatic hydroxyl groups excluding tert-OH is 1.